The first-order valence-electron chi connectivity index (χ1n) is 8.98. The summed E-state index contributed by atoms with van der Waals surface area (Å²) in [5, 5.41) is 5.95. The lowest BCUT2D eigenvalue weighted by molar-refractivity contribution is 0.262. The average molecular weight is 428 g/mol. The van der Waals surface area contributed by atoms with Crippen LogP contribution in [-0.2, 0) is 16.4 Å². The number of nitrogens with one attached hydrogen (secondary N) is 2. The van der Waals surface area contributed by atoms with E-state index in [0.29, 0.717) is 35.1 Å². The smallest absolute Gasteiger partial charge is 0.308 e. The number of fused-ring (bicyclic) bond motifs is 1. The fourth-order valence-corrected chi connectivity index (χ4v) is 4.96. The number of anilines is 3. The largest absolute Gasteiger partial charge is 0.323 e. The van der Waals surface area contributed by atoms with E-state index in [4.69, 9.17) is 11.6 Å². The summed E-state index contributed by atoms with van der Waals surface area (Å²) in [7, 11) is -3.66. The molecule has 2 N–H and O–H groups in total. The minimum absolute atomic E-state index is 0.241. The summed E-state index contributed by atoms with van der Waals surface area (Å²) in [6.07, 6.45) is 0.621. The number of rotatable bonds is 4. The van der Waals surface area contributed by atoms with Gasteiger partial charge in [-0.2, -0.15) is 0 Å². The summed E-state index contributed by atoms with van der Waals surface area (Å²) in [4.78, 5) is 12.5. The van der Waals surface area contributed by atoms with E-state index in [1.54, 1.807) is 66.7 Å². The number of benzene rings is 3. The van der Waals surface area contributed by atoms with Crippen LogP contribution < -0.4 is 14.9 Å². The molecule has 0 aliphatic carbocycles. The van der Waals surface area contributed by atoms with Gasteiger partial charge in [0.15, 0.2) is 0 Å². The molecule has 0 bridgehead atoms. The summed E-state index contributed by atoms with van der Waals surface area (Å²) in [6, 6.07) is 20.0. The van der Waals surface area contributed by atoms with Crippen molar-refractivity contribution in [2.24, 2.45) is 0 Å². The number of hydrogen-bond donors (Lipinski definition) is 2. The molecule has 0 unspecified atom stereocenters. The van der Waals surface area contributed by atoms with Gasteiger partial charge in [-0.3, -0.25) is 4.31 Å². The van der Waals surface area contributed by atoms with E-state index >= 15 is 0 Å². The van der Waals surface area contributed by atoms with Crippen molar-refractivity contribution in [2.45, 2.75) is 11.3 Å². The van der Waals surface area contributed by atoms with Crippen LogP contribution in [0.4, 0.5) is 21.9 Å². The molecule has 148 valence electrons. The van der Waals surface area contributed by atoms with Crippen LogP contribution in [0.5, 0.6) is 0 Å². The zero-order valence-corrected chi connectivity index (χ0v) is 16.9. The summed E-state index contributed by atoms with van der Waals surface area (Å²) < 4.78 is 27.4. The third-order valence-corrected chi connectivity index (χ3v) is 6.67. The second-order valence-corrected chi connectivity index (χ2v) is 8.87. The highest BCUT2D eigenvalue weighted by Crippen LogP contribution is 2.35. The van der Waals surface area contributed by atoms with E-state index in [9.17, 15) is 13.2 Å². The topological polar surface area (TPSA) is 78.5 Å². The Hall–Kier alpha value is -3.03. The van der Waals surface area contributed by atoms with Gasteiger partial charge < -0.3 is 10.6 Å². The summed E-state index contributed by atoms with van der Waals surface area (Å²) in [5.74, 6) is 0. The molecule has 29 heavy (non-hydrogen) atoms. The van der Waals surface area contributed by atoms with Crippen molar-refractivity contribution in [3.05, 3.63) is 83.4 Å². The van der Waals surface area contributed by atoms with E-state index in [0.717, 1.165) is 5.56 Å². The fraction of sp³-hybridized carbons (Fsp3) is 0.0952. The maximum atomic E-state index is 13.0. The van der Waals surface area contributed by atoms with Gasteiger partial charge in [-0.15, -0.1) is 0 Å². The van der Waals surface area contributed by atoms with Crippen molar-refractivity contribution in [3.63, 3.8) is 0 Å². The molecule has 0 aromatic heterocycles. The van der Waals surface area contributed by atoms with E-state index in [-0.39, 0.29) is 4.90 Å². The highest BCUT2D eigenvalue weighted by Gasteiger charge is 2.31. The molecule has 0 spiro atoms. The molecule has 0 radical (unpaired) electrons. The Kier molecular flexibility index (Phi) is 5.17. The van der Waals surface area contributed by atoms with Crippen molar-refractivity contribution < 1.29 is 13.2 Å². The Balaban J connectivity index is 1.55. The number of halogens is 1. The van der Waals surface area contributed by atoms with Crippen molar-refractivity contribution >= 4 is 44.7 Å². The minimum atomic E-state index is -3.66. The van der Waals surface area contributed by atoms with Crippen molar-refractivity contribution in [1.82, 2.24) is 0 Å². The molecule has 1 aliphatic heterocycles. The maximum Gasteiger partial charge on any atom is 0.323 e. The van der Waals surface area contributed by atoms with Crippen molar-refractivity contribution in [2.75, 3.05) is 21.5 Å². The van der Waals surface area contributed by atoms with Gasteiger partial charge in [0.25, 0.3) is 10.0 Å². The quantitative estimate of drug-likeness (QED) is 0.631. The maximum absolute atomic E-state index is 13.0. The molecule has 3 aromatic rings. The fourth-order valence-electron chi connectivity index (χ4n) is 3.26. The van der Waals surface area contributed by atoms with Crippen LogP contribution >= 0.6 is 11.6 Å². The third kappa shape index (κ3) is 4.06. The number of carbonyl (C=O) groups excluding carboxylic acids is 1. The predicted molar refractivity (Wildman–Crippen MR) is 115 cm³/mol. The van der Waals surface area contributed by atoms with Gasteiger partial charge in [0.2, 0.25) is 0 Å². The molecular formula is C21H18ClN3O3S. The standard InChI is InChI=1S/C21H18ClN3O3S/c22-16-5-4-6-17(13-16)23-21(26)24-18-10-9-15-11-12-25(20(15)14-18)29(27,28)19-7-2-1-3-8-19/h1-10,13-14H,11-12H2,(H2,23,24,26). The Bertz CT molecular complexity index is 1170. The van der Waals surface area contributed by atoms with Gasteiger partial charge >= 0.3 is 6.03 Å². The van der Waals surface area contributed by atoms with Gasteiger partial charge in [0, 0.05) is 22.9 Å². The Morgan fingerprint density at radius 1 is 0.897 bits per heavy atom. The number of carbonyl (C=O) groups is 1. The zero-order chi connectivity index (χ0) is 20.4. The van der Waals surface area contributed by atoms with Gasteiger partial charge in [-0.25, -0.2) is 13.2 Å². The number of sulfonamides is 1. The molecular weight excluding hydrogens is 410 g/mol. The average Bonchev–Trinajstić information content (AvgIpc) is 3.12. The number of urea groups is 1. The lowest BCUT2D eigenvalue weighted by Gasteiger charge is -2.20. The molecule has 3 aromatic carbocycles. The van der Waals surface area contributed by atoms with Crippen molar-refractivity contribution in [3.8, 4) is 0 Å². The molecule has 2 amide bonds. The molecule has 0 saturated heterocycles. The summed E-state index contributed by atoms with van der Waals surface area (Å²) in [5.41, 5.74) is 2.56. The summed E-state index contributed by atoms with van der Waals surface area (Å²) in [6.45, 7) is 0.366. The van der Waals surface area contributed by atoms with Gasteiger partial charge in [-0.05, 0) is 54.4 Å². The van der Waals surface area contributed by atoms with Crippen LogP contribution in [0.1, 0.15) is 5.56 Å². The van der Waals surface area contributed by atoms with Gasteiger partial charge in [-0.1, -0.05) is 41.9 Å². The van der Waals surface area contributed by atoms with Gasteiger partial charge in [0.05, 0.1) is 10.6 Å². The van der Waals surface area contributed by atoms with Crippen molar-refractivity contribution in [1.29, 1.82) is 0 Å². The third-order valence-electron chi connectivity index (χ3n) is 4.61. The zero-order valence-electron chi connectivity index (χ0n) is 15.3. The monoisotopic (exact) mass is 427 g/mol. The van der Waals surface area contributed by atoms with E-state index in [2.05, 4.69) is 10.6 Å². The van der Waals surface area contributed by atoms with Crippen LogP contribution in [0, 0.1) is 0 Å². The second kappa shape index (κ2) is 7.77. The molecule has 8 heteroatoms. The number of amides is 2. The molecule has 0 atom stereocenters. The molecule has 1 aliphatic rings. The van der Waals surface area contributed by atoms with Crippen LogP contribution in [0.25, 0.3) is 0 Å². The van der Waals surface area contributed by atoms with E-state index in [1.807, 2.05) is 6.07 Å². The molecule has 4 rings (SSSR count). The Labute approximate surface area is 174 Å². The van der Waals surface area contributed by atoms with Crippen LogP contribution in [0.3, 0.4) is 0 Å². The first kappa shape index (κ1) is 19.3. The Morgan fingerprint density at radius 2 is 1.62 bits per heavy atom. The molecule has 1 heterocycles. The lowest BCUT2D eigenvalue weighted by Crippen LogP contribution is -2.29. The number of hydrogen-bond acceptors (Lipinski definition) is 3. The molecule has 0 fully saturated rings. The number of nitrogens with zero attached hydrogens (tertiary/aromatic N) is 1. The molecule has 6 nitrogen and oxygen atoms in total. The second-order valence-electron chi connectivity index (χ2n) is 6.57. The first-order chi connectivity index (χ1) is 13.9. The minimum Gasteiger partial charge on any atom is -0.308 e. The van der Waals surface area contributed by atoms with E-state index in [1.165, 1.54) is 4.31 Å². The highest BCUT2D eigenvalue weighted by molar-refractivity contribution is 7.92. The highest BCUT2D eigenvalue weighted by atomic mass is 35.5. The SMILES string of the molecule is O=C(Nc1cccc(Cl)c1)Nc1ccc2c(c1)N(S(=O)(=O)c1ccccc1)CC2. The van der Waals surface area contributed by atoms with Crippen LogP contribution in [0.15, 0.2) is 77.7 Å². The first-order valence-corrected chi connectivity index (χ1v) is 10.8. The Morgan fingerprint density at radius 3 is 2.34 bits per heavy atom. The lowest BCUT2D eigenvalue weighted by atomic mass is 10.1. The van der Waals surface area contributed by atoms with Gasteiger partial charge in [0.1, 0.15) is 0 Å². The summed E-state index contributed by atoms with van der Waals surface area (Å²) >= 11 is 5.93. The van der Waals surface area contributed by atoms with Crippen LogP contribution in [-0.4, -0.2) is 21.0 Å². The predicted octanol–water partition coefficient (Wildman–Crippen LogP) is 4.74. The van der Waals surface area contributed by atoms with E-state index < -0.39 is 16.1 Å². The van der Waals surface area contributed by atoms with Crippen LogP contribution in [0.2, 0.25) is 5.02 Å². The normalized spacial score (nSPS) is 13.1. The molecule has 0 saturated carbocycles.